The van der Waals surface area contributed by atoms with Crippen LogP contribution in [0.1, 0.15) is 11.1 Å². The van der Waals surface area contributed by atoms with Gasteiger partial charge in [-0.25, -0.2) is 4.98 Å². The predicted octanol–water partition coefficient (Wildman–Crippen LogP) is 6.17. The van der Waals surface area contributed by atoms with Crippen LogP contribution in [0.5, 0.6) is 11.5 Å². The number of aromatic nitrogens is 1. The summed E-state index contributed by atoms with van der Waals surface area (Å²) in [7, 11) is 0. The van der Waals surface area contributed by atoms with Crippen molar-refractivity contribution in [1.29, 1.82) is 0 Å². The molecular weight excluding hydrogens is 582 g/mol. The Hall–Kier alpha value is -2.14. The van der Waals surface area contributed by atoms with E-state index in [1.807, 2.05) is 37.3 Å². The van der Waals surface area contributed by atoms with Gasteiger partial charge in [0.1, 0.15) is 17.0 Å². The number of oxazole rings is 1. The molecule has 0 aliphatic heterocycles. The van der Waals surface area contributed by atoms with Crippen molar-refractivity contribution in [3.63, 3.8) is 0 Å². The average molecular weight is 596 g/mol. The van der Waals surface area contributed by atoms with Crippen molar-refractivity contribution in [3.05, 3.63) is 66.8 Å². The maximum atomic E-state index is 10.3. The van der Waals surface area contributed by atoms with Crippen LogP contribution in [0, 0.1) is 14.1 Å². The number of nitrogens with zero attached hydrogens (tertiary/aromatic N) is 2. The van der Waals surface area contributed by atoms with Crippen LogP contribution in [0.2, 0.25) is 0 Å². The first-order chi connectivity index (χ1) is 13.4. The lowest BCUT2D eigenvalue weighted by Gasteiger charge is -2.04. The molecule has 0 saturated carbocycles. The molecule has 140 valence electrons. The van der Waals surface area contributed by atoms with Crippen molar-refractivity contribution in [2.24, 2.45) is 4.99 Å². The lowest BCUT2D eigenvalue weighted by atomic mass is 10.1. The molecule has 1 heterocycles. The van der Waals surface area contributed by atoms with Gasteiger partial charge in [0.15, 0.2) is 5.58 Å². The molecule has 0 aliphatic rings. The summed E-state index contributed by atoms with van der Waals surface area (Å²) in [5.41, 5.74) is 4.18. The van der Waals surface area contributed by atoms with Crippen LogP contribution in [0.3, 0.4) is 0 Å². The number of hydrogen-bond donors (Lipinski definition) is 2. The van der Waals surface area contributed by atoms with E-state index in [0.717, 1.165) is 18.2 Å². The number of aryl methyl sites for hydroxylation is 1. The number of hydrogen-bond acceptors (Lipinski definition) is 5. The fraction of sp³-hybridized carbons (Fsp3) is 0.0476. The molecule has 0 radical (unpaired) electrons. The first-order valence-electron chi connectivity index (χ1n) is 8.33. The minimum absolute atomic E-state index is 0.0638. The lowest BCUT2D eigenvalue weighted by molar-refractivity contribution is 0.470. The Balaban J connectivity index is 1.73. The van der Waals surface area contributed by atoms with Gasteiger partial charge in [0, 0.05) is 15.3 Å². The van der Waals surface area contributed by atoms with Gasteiger partial charge in [0.2, 0.25) is 5.89 Å². The Bertz CT molecular complexity index is 1230. The molecule has 0 atom stereocenters. The molecule has 0 aliphatic carbocycles. The number of phenols is 2. The van der Waals surface area contributed by atoms with Gasteiger partial charge < -0.3 is 14.6 Å². The number of aliphatic imine (C=N–C) groups is 1. The molecule has 0 saturated heterocycles. The quantitative estimate of drug-likeness (QED) is 0.219. The highest BCUT2D eigenvalue weighted by atomic mass is 127. The maximum absolute atomic E-state index is 10.3. The van der Waals surface area contributed by atoms with Gasteiger partial charge in [-0.15, -0.1) is 0 Å². The van der Waals surface area contributed by atoms with Crippen molar-refractivity contribution < 1.29 is 14.6 Å². The number of fused-ring (bicyclic) bond motifs is 1. The Labute approximate surface area is 188 Å². The summed E-state index contributed by atoms with van der Waals surface area (Å²) in [4.78, 5) is 8.92. The van der Waals surface area contributed by atoms with E-state index in [9.17, 15) is 10.2 Å². The highest BCUT2D eigenvalue weighted by Gasteiger charge is 2.13. The maximum Gasteiger partial charge on any atom is 0.231 e. The van der Waals surface area contributed by atoms with Gasteiger partial charge in [0.05, 0.1) is 14.8 Å². The zero-order valence-corrected chi connectivity index (χ0v) is 19.0. The number of rotatable bonds is 3. The van der Waals surface area contributed by atoms with Crippen LogP contribution in [-0.4, -0.2) is 21.4 Å². The molecule has 3 aromatic carbocycles. The van der Waals surface area contributed by atoms with Gasteiger partial charge in [-0.3, -0.25) is 4.99 Å². The zero-order valence-electron chi connectivity index (χ0n) is 14.6. The van der Waals surface area contributed by atoms with Crippen LogP contribution in [-0.2, 0) is 0 Å². The number of benzene rings is 3. The number of phenolic OH excluding ortho intramolecular Hbond substituents is 2. The van der Waals surface area contributed by atoms with Gasteiger partial charge in [-0.05, 0) is 100 Å². The largest absolute Gasteiger partial charge is 0.507 e. The van der Waals surface area contributed by atoms with Gasteiger partial charge in [-0.1, -0.05) is 6.07 Å². The van der Waals surface area contributed by atoms with E-state index in [-0.39, 0.29) is 11.5 Å². The van der Waals surface area contributed by atoms with E-state index in [2.05, 4.69) is 55.2 Å². The Morgan fingerprint density at radius 1 is 1.04 bits per heavy atom. The van der Waals surface area contributed by atoms with Crippen molar-refractivity contribution in [2.75, 3.05) is 0 Å². The summed E-state index contributed by atoms with van der Waals surface area (Å²) >= 11 is 4.28. The third-order valence-electron chi connectivity index (χ3n) is 4.16. The van der Waals surface area contributed by atoms with Crippen LogP contribution in [0.15, 0.2) is 57.9 Å². The molecule has 0 amide bonds. The average Bonchev–Trinajstić information content (AvgIpc) is 3.07. The summed E-state index contributed by atoms with van der Waals surface area (Å²) in [6.07, 6.45) is 1.60. The number of halogens is 2. The molecule has 0 spiro atoms. The fourth-order valence-electron chi connectivity index (χ4n) is 2.76. The summed E-state index contributed by atoms with van der Waals surface area (Å²) in [6, 6.07) is 14.4. The topological polar surface area (TPSA) is 78.9 Å². The zero-order chi connectivity index (χ0) is 19.8. The second-order valence-electron chi connectivity index (χ2n) is 6.28. The van der Waals surface area contributed by atoms with Crippen molar-refractivity contribution >= 4 is 68.2 Å². The molecule has 5 nitrogen and oxygen atoms in total. The molecule has 0 unspecified atom stereocenters. The van der Waals surface area contributed by atoms with Crippen LogP contribution < -0.4 is 0 Å². The predicted molar refractivity (Wildman–Crippen MR) is 127 cm³/mol. The van der Waals surface area contributed by atoms with Crippen LogP contribution in [0.25, 0.3) is 22.6 Å². The first-order valence-corrected chi connectivity index (χ1v) is 10.5. The molecular formula is C21H14I2N2O3. The summed E-state index contributed by atoms with van der Waals surface area (Å²) < 4.78 is 7.57. The van der Waals surface area contributed by atoms with Crippen molar-refractivity contribution in [3.8, 4) is 23.0 Å². The molecule has 28 heavy (non-hydrogen) atoms. The molecule has 0 bridgehead atoms. The molecule has 7 heteroatoms. The van der Waals surface area contributed by atoms with E-state index >= 15 is 0 Å². The second-order valence-corrected chi connectivity index (χ2v) is 8.68. The molecule has 1 aromatic heterocycles. The smallest absolute Gasteiger partial charge is 0.231 e. The summed E-state index contributed by atoms with van der Waals surface area (Å²) in [5.74, 6) is 0.591. The lowest BCUT2D eigenvalue weighted by Crippen LogP contribution is -1.88. The van der Waals surface area contributed by atoms with Crippen molar-refractivity contribution in [1.82, 2.24) is 4.98 Å². The van der Waals surface area contributed by atoms with E-state index in [1.165, 1.54) is 0 Å². The van der Waals surface area contributed by atoms with E-state index < -0.39 is 0 Å². The highest BCUT2D eigenvalue weighted by Crippen LogP contribution is 2.34. The normalized spacial score (nSPS) is 11.5. The minimum atomic E-state index is 0.0638. The van der Waals surface area contributed by atoms with Crippen molar-refractivity contribution in [2.45, 2.75) is 6.92 Å². The van der Waals surface area contributed by atoms with Gasteiger partial charge in [-0.2, -0.15) is 0 Å². The third kappa shape index (κ3) is 3.86. The van der Waals surface area contributed by atoms with E-state index in [0.29, 0.717) is 28.3 Å². The second kappa shape index (κ2) is 7.70. The fourth-order valence-corrected chi connectivity index (χ4v) is 4.65. The summed E-state index contributed by atoms with van der Waals surface area (Å²) in [5, 5.41) is 20.5. The first kappa shape index (κ1) is 19.2. The van der Waals surface area contributed by atoms with Crippen LogP contribution in [0.4, 0.5) is 5.69 Å². The van der Waals surface area contributed by atoms with Crippen LogP contribution >= 0.6 is 45.2 Å². The summed E-state index contributed by atoms with van der Waals surface area (Å²) in [6.45, 7) is 1.99. The Morgan fingerprint density at radius 2 is 1.86 bits per heavy atom. The molecule has 4 aromatic rings. The Kier molecular flexibility index (Phi) is 5.28. The SMILES string of the molecule is Cc1ccc2oc(-c3cc(N=Cc4cc(I)cc(I)c4O)ccc3O)nc2c1. The molecule has 4 rings (SSSR count). The standard InChI is InChI=1S/C21H14I2N2O3/c1-11-2-5-19-17(6-11)25-21(28-19)15-9-14(3-4-18(15)26)24-10-12-7-13(22)8-16(23)20(12)27/h2-10,26-27H,1H3. The molecule has 2 N–H and O–H groups in total. The monoisotopic (exact) mass is 596 g/mol. The van der Waals surface area contributed by atoms with Gasteiger partial charge in [0.25, 0.3) is 0 Å². The third-order valence-corrected chi connectivity index (χ3v) is 5.61. The highest BCUT2D eigenvalue weighted by molar-refractivity contribution is 14.1. The van der Waals surface area contributed by atoms with Gasteiger partial charge >= 0.3 is 0 Å². The van der Waals surface area contributed by atoms with E-state index in [1.54, 1.807) is 24.4 Å². The number of aromatic hydroxyl groups is 2. The Morgan fingerprint density at radius 3 is 2.68 bits per heavy atom. The van der Waals surface area contributed by atoms with E-state index in [4.69, 9.17) is 4.42 Å². The molecule has 0 fully saturated rings. The minimum Gasteiger partial charge on any atom is -0.507 e.